The van der Waals surface area contributed by atoms with E-state index in [1.165, 1.54) is 20.2 Å². The number of methoxy groups -OCH3 is 1. The molecule has 0 bridgehead atoms. The normalized spacial score (nSPS) is 13.6. The summed E-state index contributed by atoms with van der Waals surface area (Å²) in [5, 5.41) is 8.38. The van der Waals surface area contributed by atoms with Crippen molar-refractivity contribution in [3.05, 3.63) is 59.2 Å². The van der Waals surface area contributed by atoms with Crippen molar-refractivity contribution in [2.45, 2.75) is 25.2 Å². The van der Waals surface area contributed by atoms with Crippen LogP contribution in [0, 0.1) is 0 Å². The molecule has 3 rings (SSSR count). The maximum atomic E-state index is 13.2. The van der Waals surface area contributed by atoms with Crippen LogP contribution in [0.4, 0.5) is 23.9 Å². The standard InChI is InChI=1S/C21H24F3N5O2/c1-20(12-31-3,14-7-5-8-15(10-14)21(22,23)24)29-18-27-16-9-4-6-13(17(16)28-18)11-26-19(30)25-2/h4-10H,11-12H2,1-3H3,(H2,25,26,30)(H2,27,28,29). The minimum Gasteiger partial charge on any atom is -0.382 e. The highest BCUT2D eigenvalue weighted by atomic mass is 19.4. The molecule has 1 heterocycles. The quantitative estimate of drug-likeness (QED) is 0.452. The van der Waals surface area contributed by atoms with E-state index in [0.29, 0.717) is 17.0 Å². The Morgan fingerprint density at radius 3 is 2.55 bits per heavy atom. The number of hydrogen-bond acceptors (Lipinski definition) is 4. The van der Waals surface area contributed by atoms with E-state index in [1.807, 2.05) is 18.2 Å². The van der Waals surface area contributed by atoms with Crippen LogP contribution in [0.5, 0.6) is 0 Å². The van der Waals surface area contributed by atoms with Crippen molar-refractivity contribution in [2.24, 2.45) is 0 Å². The number of aromatic amines is 1. The molecule has 1 unspecified atom stereocenters. The molecule has 0 aliphatic heterocycles. The summed E-state index contributed by atoms with van der Waals surface area (Å²) in [6.07, 6.45) is -4.45. The van der Waals surface area contributed by atoms with Crippen LogP contribution < -0.4 is 16.0 Å². The molecule has 0 fully saturated rings. The molecule has 0 spiro atoms. The van der Waals surface area contributed by atoms with Crippen LogP contribution in [0.15, 0.2) is 42.5 Å². The predicted molar refractivity (Wildman–Crippen MR) is 112 cm³/mol. The summed E-state index contributed by atoms with van der Waals surface area (Å²) in [5.41, 5.74) is 0.850. The summed E-state index contributed by atoms with van der Waals surface area (Å²) in [7, 11) is 3.01. The fourth-order valence-corrected chi connectivity index (χ4v) is 3.34. The SMILES string of the molecule is CNC(=O)NCc1cccc2[nH]c(NC(C)(COC)c3cccc(C(F)(F)F)c3)nc12. The molecule has 0 aliphatic carbocycles. The zero-order valence-corrected chi connectivity index (χ0v) is 17.4. The van der Waals surface area contributed by atoms with Gasteiger partial charge in [-0.3, -0.25) is 0 Å². The molecule has 7 nitrogen and oxygen atoms in total. The van der Waals surface area contributed by atoms with Gasteiger partial charge in [0.05, 0.1) is 28.7 Å². The van der Waals surface area contributed by atoms with E-state index in [9.17, 15) is 18.0 Å². The van der Waals surface area contributed by atoms with Crippen molar-refractivity contribution in [1.29, 1.82) is 0 Å². The van der Waals surface area contributed by atoms with Gasteiger partial charge in [0, 0.05) is 20.7 Å². The van der Waals surface area contributed by atoms with E-state index in [0.717, 1.165) is 23.2 Å². The fraction of sp³-hybridized carbons (Fsp3) is 0.333. The number of alkyl halides is 3. The van der Waals surface area contributed by atoms with Crippen LogP contribution in [0.25, 0.3) is 11.0 Å². The van der Waals surface area contributed by atoms with Crippen molar-refractivity contribution in [3.8, 4) is 0 Å². The molecule has 0 saturated carbocycles. The number of para-hydroxylation sites is 1. The van der Waals surface area contributed by atoms with Crippen LogP contribution in [-0.2, 0) is 23.0 Å². The number of halogens is 3. The summed E-state index contributed by atoms with van der Waals surface area (Å²) in [4.78, 5) is 19.2. The maximum Gasteiger partial charge on any atom is 0.416 e. The molecule has 31 heavy (non-hydrogen) atoms. The van der Waals surface area contributed by atoms with Crippen molar-refractivity contribution >= 4 is 23.0 Å². The Kier molecular flexibility index (Phi) is 6.40. The van der Waals surface area contributed by atoms with Crippen molar-refractivity contribution in [3.63, 3.8) is 0 Å². The summed E-state index contributed by atoms with van der Waals surface area (Å²) in [6.45, 7) is 2.12. The number of nitrogens with one attached hydrogen (secondary N) is 4. The number of imidazole rings is 1. The highest BCUT2D eigenvalue weighted by Gasteiger charge is 2.34. The van der Waals surface area contributed by atoms with E-state index in [-0.39, 0.29) is 19.2 Å². The lowest BCUT2D eigenvalue weighted by Gasteiger charge is -2.31. The third-order valence-corrected chi connectivity index (χ3v) is 4.92. The van der Waals surface area contributed by atoms with Crippen molar-refractivity contribution in [2.75, 3.05) is 26.1 Å². The van der Waals surface area contributed by atoms with E-state index >= 15 is 0 Å². The third-order valence-electron chi connectivity index (χ3n) is 4.92. The van der Waals surface area contributed by atoms with Crippen LogP contribution in [0.2, 0.25) is 0 Å². The number of fused-ring (bicyclic) bond motifs is 1. The number of rotatable bonds is 7. The molecule has 3 aromatic rings. The topological polar surface area (TPSA) is 91.1 Å². The van der Waals surface area contributed by atoms with Gasteiger partial charge in [0.15, 0.2) is 0 Å². The Bertz CT molecular complexity index is 1070. The fourth-order valence-electron chi connectivity index (χ4n) is 3.34. The average Bonchev–Trinajstić information content (AvgIpc) is 3.14. The van der Waals surface area contributed by atoms with E-state index < -0.39 is 17.3 Å². The molecule has 0 radical (unpaired) electrons. The van der Waals surface area contributed by atoms with Gasteiger partial charge in [-0.1, -0.05) is 24.3 Å². The van der Waals surface area contributed by atoms with E-state index in [1.54, 1.807) is 13.0 Å². The highest BCUT2D eigenvalue weighted by Crippen LogP contribution is 2.33. The minimum absolute atomic E-state index is 0.108. The van der Waals surface area contributed by atoms with Gasteiger partial charge in [-0.2, -0.15) is 13.2 Å². The first-order valence-electron chi connectivity index (χ1n) is 9.54. The largest absolute Gasteiger partial charge is 0.416 e. The predicted octanol–water partition coefficient (Wildman–Crippen LogP) is 3.98. The number of anilines is 1. The Balaban J connectivity index is 1.93. The lowest BCUT2D eigenvalue weighted by atomic mass is 9.91. The lowest BCUT2D eigenvalue weighted by molar-refractivity contribution is -0.137. The monoisotopic (exact) mass is 435 g/mol. The number of urea groups is 1. The van der Waals surface area contributed by atoms with Crippen LogP contribution in [0.1, 0.15) is 23.6 Å². The number of carbonyl (C=O) groups excluding carboxylic acids is 1. The second-order valence-corrected chi connectivity index (χ2v) is 7.30. The maximum absolute atomic E-state index is 13.2. The van der Waals surface area contributed by atoms with Gasteiger partial charge >= 0.3 is 12.2 Å². The molecule has 0 aliphatic rings. The van der Waals surface area contributed by atoms with Gasteiger partial charge in [-0.15, -0.1) is 0 Å². The third kappa shape index (κ3) is 5.08. The Morgan fingerprint density at radius 1 is 1.16 bits per heavy atom. The Labute approximate surface area is 177 Å². The van der Waals surface area contributed by atoms with Gasteiger partial charge in [0.1, 0.15) is 0 Å². The van der Waals surface area contributed by atoms with Gasteiger partial charge in [0.2, 0.25) is 5.95 Å². The second kappa shape index (κ2) is 8.84. The second-order valence-electron chi connectivity index (χ2n) is 7.30. The van der Waals surface area contributed by atoms with Crippen LogP contribution in [0.3, 0.4) is 0 Å². The van der Waals surface area contributed by atoms with Crippen molar-refractivity contribution in [1.82, 2.24) is 20.6 Å². The smallest absolute Gasteiger partial charge is 0.382 e. The molecular formula is C21H24F3N5O2. The van der Waals surface area contributed by atoms with Crippen LogP contribution >= 0.6 is 0 Å². The number of hydrogen-bond donors (Lipinski definition) is 4. The van der Waals surface area contributed by atoms with Gasteiger partial charge < -0.3 is 25.7 Å². The van der Waals surface area contributed by atoms with Gasteiger partial charge in [-0.25, -0.2) is 9.78 Å². The minimum atomic E-state index is -4.45. The summed E-state index contributed by atoms with van der Waals surface area (Å²) in [5.74, 6) is 0.374. The number of amides is 2. The molecule has 10 heteroatoms. The first-order valence-corrected chi connectivity index (χ1v) is 9.54. The zero-order valence-electron chi connectivity index (χ0n) is 17.4. The summed E-state index contributed by atoms with van der Waals surface area (Å²) in [6, 6.07) is 10.3. The molecule has 1 atom stereocenters. The van der Waals surface area contributed by atoms with Crippen molar-refractivity contribution < 1.29 is 22.7 Å². The first kappa shape index (κ1) is 22.4. The zero-order chi connectivity index (χ0) is 22.6. The number of H-pyrrole nitrogens is 1. The van der Waals surface area contributed by atoms with E-state index in [2.05, 4.69) is 25.9 Å². The summed E-state index contributed by atoms with van der Waals surface area (Å²) < 4.78 is 44.9. The molecule has 2 aromatic carbocycles. The molecule has 4 N–H and O–H groups in total. The summed E-state index contributed by atoms with van der Waals surface area (Å²) >= 11 is 0. The molecule has 2 amide bonds. The lowest BCUT2D eigenvalue weighted by Crippen LogP contribution is -2.37. The number of carbonyl (C=O) groups is 1. The molecule has 0 saturated heterocycles. The first-order chi connectivity index (χ1) is 14.7. The van der Waals surface area contributed by atoms with Gasteiger partial charge in [-0.05, 0) is 36.2 Å². The van der Waals surface area contributed by atoms with Crippen LogP contribution in [-0.4, -0.2) is 36.8 Å². The number of aromatic nitrogens is 2. The number of ether oxygens (including phenoxy) is 1. The number of nitrogens with zero attached hydrogens (tertiary/aromatic N) is 1. The Morgan fingerprint density at radius 2 is 1.87 bits per heavy atom. The molecule has 1 aromatic heterocycles. The Hall–Kier alpha value is -3.27. The average molecular weight is 435 g/mol. The van der Waals surface area contributed by atoms with E-state index in [4.69, 9.17) is 4.74 Å². The highest BCUT2D eigenvalue weighted by molar-refractivity contribution is 5.82. The van der Waals surface area contributed by atoms with Gasteiger partial charge in [0.25, 0.3) is 0 Å². The molecular weight excluding hydrogens is 411 g/mol. The molecule has 166 valence electrons. The number of benzene rings is 2.